The van der Waals surface area contributed by atoms with Crippen LogP contribution < -0.4 is 0 Å². The molecule has 8 heteroatoms. The quantitative estimate of drug-likeness (QED) is 0.646. The van der Waals surface area contributed by atoms with Crippen molar-refractivity contribution in [2.24, 2.45) is 0 Å². The third-order valence-electron chi connectivity index (χ3n) is 3.63. The van der Waals surface area contributed by atoms with Crippen molar-refractivity contribution < 1.29 is 21.6 Å². The van der Waals surface area contributed by atoms with Crippen molar-refractivity contribution in [3.8, 4) is 0 Å². The maximum Gasteiger partial charge on any atom is 0.222 e. The molecule has 0 aromatic carbocycles. The Bertz CT molecular complexity index is 477. The third-order valence-corrected chi connectivity index (χ3v) is 7.27. The first-order valence-corrected chi connectivity index (χ1v) is 11.0. The molecule has 0 N–H and O–H groups in total. The van der Waals surface area contributed by atoms with Crippen LogP contribution in [-0.4, -0.2) is 64.2 Å². The number of carbonyl (C=O) groups excluding carboxylic acids is 1. The van der Waals surface area contributed by atoms with Crippen molar-refractivity contribution in [2.75, 3.05) is 36.6 Å². The van der Waals surface area contributed by atoms with Crippen LogP contribution in [0.5, 0.6) is 0 Å². The Kier molecular flexibility index (Phi) is 7.12. The molecule has 3 saturated heterocycles. The molecule has 6 nitrogen and oxygen atoms in total. The molecule has 3 heterocycles. The molecule has 3 fully saturated rings. The van der Waals surface area contributed by atoms with Gasteiger partial charge in [0.1, 0.15) is 19.7 Å². The normalized spacial score (nSPS) is 25.8. The highest BCUT2D eigenvalue weighted by atomic mass is 32.2. The van der Waals surface area contributed by atoms with E-state index in [-0.39, 0.29) is 0 Å². The van der Waals surface area contributed by atoms with Crippen molar-refractivity contribution in [3.05, 3.63) is 0 Å². The second kappa shape index (κ2) is 8.12. The largest absolute Gasteiger partial charge is 0.346 e. The van der Waals surface area contributed by atoms with Crippen LogP contribution in [0.2, 0.25) is 0 Å². The molecule has 124 valence electrons. The van der Waals surface area contributed by atoms with E-state index in [1.165, 1.54) is 0 Å². The lowest BCUT2D eigenvalue weighted by Gasteiger charge is -2.03. The molecule has 3 aliphatic heterocycles. The third kappa shape index (κ3) is 7.80. The van der Waals surface area contributed by atoms with E-state index in [4.69, 9.17) is 0 Å². The van der Waals surface area contributed by atoms with Crippen LogP contribution in [0.15, 0.2) is 0 Å². The van der Waals surface area contributed by atoms with Crippen LogP contribution in [0.1, 0.15) is 38.5 Å². The van der Waals surface area contributed by atoms with Crippen LogP contribution in [-0.2, 0) is 24.5 Å². The minimum atomic E-state index is -2.55. The SMILES string of the molecule is CN1CCCC1=O.O=S1(=O)CCCC1.O=S1(=O)CCCC1. The summed E-state index contributed by atoms with van der Waals surface area (Å²) in [6.45, 7) is 0.957. The molecule has 0 radical (unpaired) electrons. The number of hydrogen-bond acceptors (Lipinski definition) is 5. The van der Waals surface area contributed by atoms with Gasteiger partial charge in [-0.15, -0.1) is 0 Å². The average molecular weight is 339 g/mol. The summed E-state index contributed by atoms with van der Waals surface area (Å²) in [6.07, 6.45) is 5.32. The lowest BCUT2D eigenvalue weighted by molar-refractivity contribution is -0.126. The van der Waals surface area contributed by atoms with Gasteiger partial charge in [0, 0.05) is 20.0 Å². The highest BCUT2D eigenvalue weighted by molar-refractivity contribution is 7.91. The maximum atomic E-state index is 10.5. The van der Waals surface area contributed by atoms with Gasteiger partial charge >= 0.3 is 0 Å². The number of hydrogen-bond donors (Lipinski definition) is 0. The summed E-state index contributed by atoms with van der Waals surface area (Å²) in [5, 5.41) is 0. The highest BCUT2D eigenvalue weighted by Gasteiger charge is 2.16. The lowest BCUT2D eigenvalue weighted by Crippen LogP contribution is -2.17. The van der Waals surface area contributed by atoms with Crippen LogP contribution in [0.25, 0.3) is 0 Å². The highest BCUT2D eigenvalue weighted by Crippen LogP contribution is 2.09. The molecular formula is C13H25NO5S2. The van der Waals surface area contributed by atoms with Crippen LogP contribution in [0, 0.1) is 0 Å². The number of rotatable bonds is 0. The van der Waals surface area contributed by atoms with Crippen LogP contribution >= 0.6 is 0 Å². The van der Waals surface area contributed by atoms with Gasteiger partial charge in [-0.1, -0.05) is 0 Å². The number of likely N-dealkylation sites (tertiary alicyclic amines) is 1. The Morgan fingerprint density at radius 1 is 0.762 bits per heavy atom. The number of carbonyl (C=O) groups is 1. The van der Waals surface area contributed by atoms with Crippen molar-refractivity contribution in [1.29, 1.82) is 0 Å². The van der Waals surface area contributed by atoms with E-state index in [1.54, 1.807) is 4.90 Å². The zero-order valence-electron chi connectivity index (χ0n) is 12.6. The van der Waals surface area contributed by atoms with E-state index in [0.29, 0.717) is 28.9 Å². The van der Waals surface area contributed by atoms with Crippen molar-refractivity contribution >= 4 is 25.6 Å². The molecule has 0 aromatic heterocycles. The average Bonchev–Trinajstić information content (AvgIpc) is 3.06. The predicted molar refractivity (Wildman–Crippen MR) is 82.6 cm³/mol. The molecule has 0 bridgehead atoms. The van der Waals surface area contributed by atoms with E-state index >= 15 is 0 Å². The number of amides is 1. The molecule has 3 aliphatic rings. The molecule has 0 unspecified atom stereocenters. The zero-order chi connectivity index (χ0) is 15.9. The Hall–Kier alpha value is -0.630. The van der Waals surface area contributed by atoms with Gasteiger partial charge in [0.2, 0.25) is 5.91 Å². The van der Waals surface area contributed by atoms with Gasteiger partial charge in [0.05, 0.1) is 23.0 Å². The van der Waals surface area contributed by atoms with Gasteiger partial charge in [0.15, 0.2) is 0 Å². The molecule has 0 spiro atoms. The summed E-state index contributed by atoms with van der Waals surface area (Å²) in [7, 11) is -3.25. The van der Waals surface area contributed by atoms with E-state index in [0.717, 1.165) is 45.1 Å². The molecule has 0 aromatic rings. The monoisotopic (exact) mass is 339 g/mol. The first kappa shape index (κ1) is 18.4. The Balaban J connectivity index is 0.000000157. The molecule has 21 heavy (non-hydrogen) atoms. The Labute approximate surface area is 127 Å². The van der Waals surface area contributed by atoms with Gasteiger partial charge in [-0.2, -0.15) is 0 Å². The smallest absolute Gasteiger partial charge is 0.222 e. The minimum absolute atomic E-state index is 0.292. The molecule has 0 aliphatic carbocycles. The van der Waals surface area contributed by atoms with Crippen LogP contribution in [0.3, 0.4) is 0 Å². The van der Waals surface area contributed by atoms with E-state index in [9.17, 15) is 21.6 Å². The molecule has 1 amide bonds. The number of sulfone groups is 2. The van der Waals surface area contributed by atoms with Crippen LogP contribution in [0.4, 0.5) is 0 Å². The second-order valence-electron chi connectivity index (χ2n) is 5.64. The lowest BCUT2D eigenvalue weighted by atomic mass is 10.4. The first-order valence-electron chi connectivity index (χ1n) is 7.37. The second-order valence-corrected chi connectivity index (χ2v) is 10.2. The standard InChI is InChI=1S/C5H9NO.2C4H8O2S/c1-6-4-2-3-5(6)7;2*5-7(6)3-1-2-4-7/h2-4H2,1H3;2*1-4H2. The Morgan fingerprint density at radius 2 is 1.14 bits per heavy atom. The molecular weight excluding hydrogens is 314 g/mol. The number of nitrogens with zero attached hydrogens (tertiary/aromatic N) is 1. The fourth-order valence-electron chi connectivity index (χ4n) is 2.28. The first-order chi connectivity index (χ1) is 9.72. The fraction of sp³-hybridized carbons (Fsp3) is 0.923. The molecule has 3 rings (SSSR count). The predicted octanol–water partition coefficient (Wildman–Crippen LogP) is 0.629. The topological polar surface area (TPSA) is 88.6 Å². The van der Waals surface area contributed by atoms with Crippen molar-refractivity contribution in [3.63, 3.8) is 0 Å². The maximum absolute atomic E-state index is 10.5. The summed E-state index contributed by atoms with van der Waals surface area (Å²) in [5.74, 6) is 1.99. The van der Waals surface area contributed by atoms with Gasteiger partial charge in [-0.3, -0.25) is 4.79 Å². The molecule has 0 atom stereocenters. The van der Waals surface area contributed by atoms with E-state index in [1.807, 2.05) is 7.05 Å². The summed E-state index contributed by atoms with van der Waals surface area (Å²) in [5.41, 5.74) is 0. The van der Waals surface area contributed by atoms with Crippen molar-refractivity contribution in [1.82, 2.24) is 4.90 Å². The summed E-state index contributed by atoms with van der Waals surface area (Å²) >= 11 is 0. The fourth-order valence-corrected chi connectivity index (χ4v) is 5.26. The van der Waals surface area contributed by atoms with Gasteiger partial charge in [-0.25, -0.2) is 16.8 Å². The minimum Gasteiger partial charge on any atom is -0.346 e. The zero-order valence-corrected chi connectivity index (χ0v) is 14.2. The van der Waals surface area contributed by atoms with Gasteiger partial charge < -0.3 is 4.90 Å². The van der Waals surface area contributed by atoms with E-state index < -0.39 is 19.7 Å². The van der Waals surface area contributed by atoms with Gasteiger partial charge in [0.25, 0.3) is 0 Å². The summed E-state index contributed by atoms with van der Waals surface area (Å²) in [6, 6.07) is 0. The Morgan fingerprint density at radius 3 is 1.24 bits per heavy atom. The van der Waals surface area contributed by atoms with Crippen molar-refractivity contribution in [2.45, 2.75) is 38.5 Å². The molecule has 0 saturated carbocycles. The van der Waals surface area contributed by atoms with Gasteiger partial charge in [-0.05, 0) is 32.1 Å². The summed E-state index contributed by atoms with van der Waals surface area (Å²) in [4.78, 5) is 12.3. The summed E-state index contributed by atoms with van der Waals surface area (Å²) < 4.78 is 41.7. The van der Waals surface area contributed by atoms with E-state index in [2.05, 4.69) is 0 Å².